The number of fused-ring (bicyclic) bond motifs is 4. The summed E-state index contributed by atoms with van der Waals surface area (Å²) >= 11 is 0. The fourth-order valence-corrected chi connectivity index (χ4v) is 4.34. The third-order valence-electron chi connectivity index (χ3n) is 5.82. The number of alkyl carbamates (subject to hydrolysis) is 1. The lowest BCUT2D eigenvalue weighted by atomic mass is 9.98. The molecule has 1 unspecified atom stereocenters. The van der Waals surface area contributed by atoms with Crippen molar-refractivity contribution in [3.8, 4) is 11.1 Å². The van der Waals surface area contributed by atoms with E-state index in [1.165, 1.54) is 11.1 Å². The number of carbonyl (C=O) groups is 2. The zero-order chi connectivity index (χ0) is 20.7. The second-order valence-corrected chi connectivity index (χ2v) is 7.56. The maximum absolute atomic E-state index is 12.3. The molecule has 2 heterocycles. The van der Waals surface area contributed by atoms with Crippen LogP contribution in [0.2, 0.25) is 0 Å². The van der Waals surface area contributed by atoms with E-state index in [4.69, 9.17) is 4.74 Å². The molecule has 0 saturated carbocycles. The van der Waals surface area contributed by atoms with Gasteiger partial charge in [0, 0.05) is 18.9 Å². The smallest absolute Gasteiger partial charge is 0.407 e. The maximum atomic E-state index is 12.3. The third-order valence-corrected chi connectivity index (χ3v) is 5.82. The van der Waals surface area contributed by atoms with Gasteiger partial charge in [-0.05, 0) is 22.3 Å². The first-order chi connectivity index (χ1) is 14.6. The van der Waals surface area contributed by atoms with E-state index in [0.29, 0.717) is 24.6 Å². The molecule has 8 nitrogen and oxygen atoms in total. The monoisotopic (exact) mass is 404 g/mol. The second-order valence-electron chi connectivity index (χ2n) is 7.56. The van der Waals surface area contributed by atoms with Crippen molar-refractivity contribution in [1.29, 1.82) is 0 Å². The van der Waals surface area contributed by atoms with Gasteiger partial charge in [0.25, 0.3) is 0 Å². The average molecular weight is 404 g/mol. The number of carbonyl (C=O) groups excluding carboxylic acids is 1. The topological polar surface area (TPSA) is 106 Å². The minimum atomic E-state index is -0.851. The number of hydrogen-bond donors (Lipinski definition) is 2. The summed E-state index contributed by atoms with van der Waals surface area (Å²) in [4.78, 5) is 23.5. The van der Waals surface area contributed by atoms with Crippen molar-refractivity contribution in [2.24, 2.45) is 5.92 Å². The minimum absolute atomic E-state index is 0.00295. The molecular weight excluding hydrogens is 384 g/mol. The van der Waals surface area contributed by atoms with Crippen LogP contribution >= 0.6 is 0 Å². The lowest BCUT2D eigenvalue weighted by Gasteiger charge is -2.14. The molecule has 0 radical (unpaired) electrons. The summed E-state index contributed by atoms with van der Waals surface area (Å²) < 4.78 is 7.27. The molecule has 152 valence electrons. The number of nitrogens with one attached hydrogen (secondary N) is 1. The van der Waals surface area contributed by atoms with Crippen molar-refractivity contribution < 1.29 is 19.4 Å². The number of hydrogen-bond acceptors (Lipinski definition) is 5. The van der Waals surface area contributed by atoms with Crippen LogP contribution < -0.4 is 5.32 Å². The van der Waals surface area contributed by atoms with E-state index in [-0.39, 0.29) is 19.1 Å². The molecule has 2 aliphatic rings. The lowest BCUT2D eigenvalue weighted by Crippen LogP contribution is -2.27. The van der Waals surface area contributed by atoms with E-state index in [1.807, 2.05) is 24.3 Å². The van der Waals surface area contributed by atoms with Crippen LogP contribution in [0.25, 0.3) is 11.1 Å². The Labute approximate surface area is 172 Å². The molecule has 0 saturated heterocycles. The summed E-state index contributed by atoms with van der Waals surface area (Å²) in [6, 6.07) is 16.3. The standard InChI is InChI=1S/C22H20N4O4/c27-21(28)13-9-19-24-25-20(26(19)11-13)10-23-22(29)30-12-18-16-7-3-1-5-14(16)15-6-2-4-8-17(15)18/h1-8,13,18H,9-12H2,(H,23,29)(H,27,28). The number of aromatic nitrogens is 3. The van der Waals surface area contributed by atoms with Crippen LogP contribution in [0.4, 0.5) is 4.79 Å². The highest BCUT2D eigenvalue weighted by atomic mass is 16.5. The Kier molecular flexibility index (Phi) is 4.46. The quantitative estimate of drug-likeness (QED) is 0.677. The fraction of sp³-hybridized carbons (Fsp3) is 0.273. The van der Waals surface area contributed by atoms with Gasteiger partial charge in [0.1, 0.15) is 12.4 Å². The van der Waals surface area contributed by atoms with Crippen LogP contribution in [-0.2, 0) is 29.0 Å². The Morgan fingerprint density at radius 3 is 2.40 bits per heavy atom. The van der Waals surface area contributed by atoms with Crippen molar-refractivity contribution in [3.05, 3.63) is 71.3 Å². The normalized spacial score (nSPS) is 16.6. The van der Waals surface area contributed by atoms with Crippen LogP contribution in [-0.4, -0.2) is 38.5 Å². The van der Waals surface area contributed by atoms with E-state index in [2.05, 4.69) is 39.8 Å². The molecule has 1 aliphatic heterocycles. The van der Waals surface area contributed by atoms with Crippen LogP contribution in [0.5, 0.6) is 0 Å². The Balaban J connectivity index is 1.22. The zero-order valence-electron chi connectivity index (χ0n) is 16.1. The number of ether oxygens (including phenoxy) is 1. The van der Waals surface area contributed by atoms with Gasteiger partial charge in [-0.25, -0.2) is 4.79 Å². The second kappa shape index (κ2) is 7.29. The number of benzene rings is 2. The Morgan fingerprint density at radius 1 is 1.07 bits per heavy atom. The van der Waals surface area contributed by atoms with E-state index in [9.17, 15) is 14.7 Å². The van der Waals surface area contributed by atoms with Gasteiger partial charge >= 0.3 is 12.1 Å². The van der Waals surface area contributed by atoms with Crippen LogP contribution in [0.1, 0.15) is 28.7 Å². The summed E-state index contributed by atoms with van der Waals surface area (Å²) in [6.07, 6.45) is -0.185. The number of carboxylic acids is 1. The molecule has 0 bridgehead atoms. The first-order valence-electron chi connectivity index (χ1n) is 9.84. The van der Waals surface area contributed by atoms with Crippen LogP contribution in [0.3, 0.4) is 0 Å². The van der Waals surface area contributed by atoms with Crippen molar-refractivity contribution >= 4 is 12.1 Å². The molecule has 1 aromatic heterocycles. The highest BCUT2D eigenvalue weighted by molar-refractivity contribution is 5.79. The molecule has 8 heteroatoms. The van der Waals surface area contributed by atoms with Crippen LogP contribution in [0.15, 0.2) is 48.5 Å². The van der Waals surface area contributed by atoms with Gasteiger partial charge in [0.15, 0.2) is 5.82 Å². The van der Waals surface area contributed by atoms with Crippen molar-refractivity contribution in [1.82, 2.24) is 20.1 Å². The lowest BCUT2D eigenvalue weighted by molar-refractivity contribution is -0.141. The van der Waals surface area contributed by atoms with E-state index in [0.717, 1.165) is 11.1 Å². The molecular formula is C22H20N4O4. The first kappa shape index (κ1) is 18.4. The molecule has 30 heavy (non-hydrogen) atoms. The molecule has 0 fully saturated rings. The Bertz CT molecular complexity index is 1090. The van der Waals surface area contributed by atoms with Gasteiger partial charge in [0.05, 0.1) is 12.5 Å². The van der Waals surface area contributed by atoms with Gasteiger partial charge in [-0.2, -0.15) is 0 Å². The summed E-state index contributed by atoms with van der Waals surface area (Å²) in [6.45, 7) is 0.689. The van der Waals surface area contributed by atoms with E-state index >= 15 is 0 Å². The highest BCUT2D eigenvalue weighted by Crippen LogP contribution is 2.44. The van der Waals surface area contributed by atoms with Gasteiger partial charge < -0.3 is 19.7 Å². The molecule has 2 aromatic carbocycles. The number of nitrogens with zero attached hydrogens (tertiary/aromatic N) is 3. The largest absolute Gasteiger partial charge is 0.481 e. The molecule has 1 atom stereocenters. The van der Waals surface area contributed by atoms with Gasteiger partial charge in [-0.3, -0.25) is 4.79 Å². The first-order valence-corrected chi connectivity index (χ1v) is 9.84. The van der Waals surface area contributed by atoms with Gasteiger partial charge in [-0.1, -0.05) is 48.5 Å². The number of amides is 1. The molecule has 1 amide bonds. The zero-order valence-corrected chi connectivity index (χ0v) is 16.1. The van der Waals surface area contributed by atoms with E-state index < -0.39 is 18.0 Å². The molecule has 3 aromatic rings. The van der Waals surface area contributed by atoms with Gasteiger partial charge in [0.2, 0.25) is 0 Å². The Hall–Kier alpha value is -3.68. The van der Waals surface area contributed by atoms with Gasteiger partial charge in [-0.15, -0.1) is 10.2 Å². The third kappa shape index (κ3) is 3.10. The SMILES string of the molecule is O=C(NCc1nnc2n1CC(C(=O)O)C2)OCC1c2ccccc2-c2ccccc21. The van der Waals surface area contributed by atoms with Crippen molar-refractivity contribution in [2.75, 3.05) is 6.61 Å². The van der Waals surface area contributed by atoms with Crippen molar-refractivity contribution in [2.45, 2.75) is 25.4 Å². The number of rotatable bonds is 5. The average Bonchev–Trinajstić information content (AvgIpc) is 3.42. The molecule has 2 N–H and O–H groups in total. The minimum Gasteiger partial charge on any atom is -0.481 e. The predicted octanol–water partition coefficient (Wildman–Crippen LogP) is 2.57. The predicted molar refractivity (Wildman–Crippen MR) is 107 cm³/mol. The highest BCUT2D eigenvalue weighted by Gasteiger charge is 2.31. The number of aliphatic carboxylic acids is 1. The molecule has 0 spiro atoms. The summed E-state index contributed by atoms with van der Waals surface area (Å²) in [5, 5.41) is 19.9. The Morgan fingerprint density at radius 2 is 1.73 bits per heavy atom. The summed E-state index contributed by atoms with van der Waals surface area (Å²) in [5.41, 5.74) is 4.66. The van der Waals surface area contributed by atoms with Crippen LogP contribution in [0, 0.1) is 5.92 Å². The van der Waals surface area contributed by atoms with E-state index in [1.54, 1.807) is 4.57 Å². The summed E-state index contributed by atoms with van der Waals surface area (Å²) in [7, 11) is 0. The molecule has 1 aliphatic carbocycles. The number of carboxylic acid groups (broad SMARTS) is 1. The maximum Gasteiger partial charge on any atom is 0.407 e. The van der Waals surface area contributed by atoms with Crippen molar-refractivity contribution in [3.63, 3.8) is 0 Å². The fourth-order valence-electron chi connectivity index (χ4n) is 4.34. The molecule has 5 rings (SSSR count). The summed E-state index contributed by atoms with van der Waals surface area (Å²) in [5.74, 6) is -0.189.